The van der Waals surface area contributed by atoms with Crippen LogP contribution in [0.4, 0.5) is 0 Å². The molecule has 0 aliphatic carbocycles. The van der Waals surface area contributed by atoms with Gasteiger partial charge >= 0.3 is 0 Å². The highest BCUT2D eigenvalue weighted by atomic mass is 79.9. The molecule has 1 amide bonds. The van der Waals surface area contributed by atoms with Gasteiger partial charge in [-0.3, -0.25) is 10.2 Å². The third-order valence-corrected chi connectivity index (χ3v) is 7.07. The van der Waals surface area contributed by atoms with Crippen LogP contribution < -0.4 is 10.3 Å². The Kier molecular flexibility index (Phi) is 4.71. The van der Waals surface area contributed by atoms with Gasteiger partial charge in [-0.2, -0.15) is 0 Å². The average molecular weight is 397 g/mol. The predicted octanol–water partition coefficient (Wildman–Crippen LogP) is 0.193. The van der Waals surface area contributed by atoms with Gasteiger partial charge in [0, 0.05) is 4.47 Å². The van der Waals surface area contributed by atoms with E-state index in [2.05, 4.69) is 21.4 Å². The molecule has 0 unspecified atom stereocenters. The van der Waals surface area contributed by atoms with Crippen molar-refractivity contribution in [3.05, 3.63) is 28.7 Å². The molecule has 0 aromatic heterocycles. The SMILES string of the molecule is O=C(NNS(=O)(=O)c1ccccc1Br)[C@@H]1CCS(=O)(=O)C1. The number of hydrogen-bond donors (Lipinski definition) is 2. The number of rotatable bonds is 4. The van der Waals surface area contributed by atoms with Gasteiger partial charge in [0.05, 0.1) is 22.3 Å². The first-order valence-electron chi connectivity index (χ1n) is 5.98. The van der Waals surface area contributed by atoms with Crippen LogP contribution in [0.5, 0.6) is 0 Å². The minimum atomic E-state index is -3.92. The number of nitrogens with one attached hydrogen (secondary N) is 2. The number of carbonyl (C=O) groups is 1. The Labute approximate surface area is 131 Å². The third-order valence-electron chi connectivity index (χ3n) is 3.04. The second-order valence-corrected chi connectivity index (χ2v) is 9.36. The van der Waals surface area contributed by atoms with Gasteiger partial charge in [0.1, 0.15) is 0 Å². The van der Waals surface area contributed by atoms with Crippen LogP contribution in [0.3, 0.4) is 0 Å². The summed E-state index contributed by atoms with van der Waals surface area (Å²) in [7, 11) is -7.12. The zero-order valence-corrected chi connectivity index (χ0v) is 14.0. The summed E-state index contributed by atoms with van der Waals surface area (Å²) in [6.45, 7) is 0. The molecule has 1 saturated heterocycles. The van der Waals surface area contributed by atoms with Crippen LogP contribution in [0.1, 0.15) is 6.42 Å². The van der Waals surface area contributed by atoms with Gasteiger partial charge in [-0.05, 0) is 34.5 Å². The molecule has 1 aromatic carbocycles. The van der Waals surface area contributed by atoms with Crippen molar-refractivity contribution in [2.45, 2.75) is 11.3 Å². The molecule has 2 rings (SSSR count). The first kappa shape index (κ1) is 16.4. The van der Waals surface area contributed by atoms with Crippen molar-refractivity contribution in [1.82, 2.24) is 10.3 Å². The first-order valence-corrected chi connectivity index (χ1v) is 10.1. The lowest BCUT2D eigenvalue weighted by Crippen LogP contribution is -2.44. The van der Waals surface area contributed by atoms with Gasteiger partial charge < -0.3 is 0 Å². The molecule has 21 heavy (non-hydrogen) atoms. The Hall–Kier alpha value is -0.970. The molecule has 1 aliphatic rings. The largest absolute Gasteiger partial charge is 0.277 e. The average Bonchev–Trinajstić information content (AvgIpc) is 2.77. The maximum Gasteiger partial charge on any atom is 0.258 e. The number of sulfone groups is 1. The van der Waals surface area contributed by atoms with Crippen LogP contribution in [0, 0.1) is 5.92 Å². The molecule has 1 fully saturated rings. The topological polar surface area (TPSA) is 109 Å². The molecule has 116 valence electrons. The van der Waals surface area contributed by atoms with E-state index in [1.54, 1.807) is 18.2 Å². The molecule has 1 heterocycles. The van der Waals surface area contributed by atoms with Crippen molar-refractivity contribution in [3.8, 4) is 0 Å². The summed E-state index contributed by atoms with van der Waals surface area (Å²) in [6, 6.07) is 6.13. The van der Waals surface area contributed by atoms with E-state index in [1.807, 2.05) is 4.83 Å². The van der Waals surface area contributed by atoms with Gasteiger partial charge in [-0.25, -0.2) is 16.8 Å². The summed E-state index contributed by atoms with van der Waals surface area (Å²) in [5.41, 5.74) is 2.07. The van der Waals surface area contributed by atoms with E-state index in [4.69, 9.17) is 0 Å². The second-order valence-electron chi connectivity index (χ2n) is 4.63. The van der Waals surface area contributed by atoms with Crippen LogP contribution in [-0.4, -0.2) is 34.2 Å². The Bertz CT molecular complexity index is 761. The molecule has 1 aromatic rings. The highest BCUT2D eigenvalue weighted by Crippen LogP contribution is 2.21. The van der Waals surface area contributed by atoms with Crippen molar-refractivity contribution < 1.29 is 21.6 Å². The molecular weight excluding hydrogens is 384 g/mol. The van der Waals surface area contributed by atoms with E-state index in [0.717, 1.165) is 0 Å². The number of hydrazine groups is 1. The lowest BCUT2D eigenvalue weighted by Gasteiger charge is -2.12. The first-order chi connectivity index (χ1) is 9.71. The fraction of sp³-hybridized carbons (Fsp3) is 0.364. The molecule has 0 spiro atoms. The van der Waals surface area contributed by atoms with E-state index in [-0.39, 0.29) is 22.8 Å². The van der Waals surface area contributed by atoms with E-state index in [9.17, 15) is 21.6 Å². The van der Waals surface area contributed by atoms with Crippen LogP contribution in [0.15, 0.2) is 33.6 Å². The monoisotopic (exact) mass is 396 g/mol. The van der Waals surface area contributed by atoms with E-state index >= 15 is 0 Å². The Balaban J connectivity index is 2.03. The highest BCUT2D eigenvalue weighted by molar-refractivity contribution is 9.10. The van der Waals surface area contributed by atoms with Gasteiger partial charge in [0.15, 0.2) is 9.84 Å². The van der Waals surface area contributed by atoms with Crippen molar-refractivity contribution >= 4 is 41.7 Å². The lowest BCUT2D eigenvalue weighted by atomic mass is 10.1. The van der Waals surface area contributed by atoms with Crippen molar-refractivity contribution in [3.63, 3.8) is 0 Å². The lowest BCUT2D eigenvalue weighted by molar-refractivity contribution is -0.124. The second kappa shape index (κ2) is 6.03. The maximum atomic E-state index is 12.0. The Morgan fingerprint density at radius 2 is 1.95 bits per heavy atom. The van der Waals surface area contributed by atoms with E-state index < -0.39 is 31.7 Å². The molecule has 1 aliphatic heterocycles. The molecule has 0 bridgehead atoms. The molecule has 10 heteroatoms. The summed E-state index contributed by atoms with van der Waals surface area (Å²) < 4.78 is 47.0. The number of amides is 1. The minimum Gasteiger partial charge on any atom is -0.277 e. The molecule has 7 nitrogen and oxygen atoms in total. The van der Waals surface area contributed by atoms with Gasteiger partial charge in [-0.1, -0.05) is 12.1 Å². The number of hydrogen-bond acceptors (Lipinski definition) is 5. The van der Waals surface area contributed by atoms with Crippen LogP contribution >= 0.6 is 15.9 Å². The predicted molar refractivity (Wildman–Crippen MR) is 79.4 cm³/mol. The van der Waals surface area contributed by atoms with E-state index in [1.165, 1.54) is 6.07 Å². The summed E-state index contributed by atoms with van der Waals surface area (Å²) in [4.78, 5) is 13.7. The fourth-order valence-corrected chi connectivity index (χ4v) is 5.53. The standard InChI is InChI=1S/C11H13BrN2O5S2/c12-9-3-1-2-4-10(9)21(18,19)14-13-11(15)8-5-6-20(16,17)7-8/h1-4,8,14H,5-7H2,(H,13,15)/t8-/m1/s1. The Morgan fingerprint density at radius 3 is 2.52 bits per heavy atom. The van der Waals surface area contributed by atoms with Crippen molar-refractivity contribution in [2.75, 3.05) is 11.5 Å². The number of carbonyl (C=O) groups excluding carboxylic acids is 1. The zero-order chi connectivity index (χ0) is 15.7. The molecule has 2 N–H and O–H groups in total. The quantitative estimate of drug-likeness (QED) is 0.706. The summed E-state index contributed by atoms with van der Waals surface area (Å²) >= 11 is 3.11. The summed E-state index contributed by atoms with van der Waals surface area (Å²) in [5, 5.41) is 0. The van der Waals surface area contributed by atoms with Gasteiger partial charge in [0.25, 0.3) is 10.0 Å². The van der Waals surface area contributed by atoms with Crippen LogP contribution in [0.25, 0.3) is 0 Å². The van der Waals surface area contributed by atoms with Crippen LogP contribution in [0.2, 0.25) is 0 Å². The van der Waals surface area contributed by atoms with Gasteiger partial charge in [-0.15, -0.1) is 4.83 Å². The van der Waals surface area contributed by atoms with Crippen molar-refractivity contribution in [1.29, 1.82) is 0 Å². The Morgan fingerprint density at radius 1 is 1.29 bits per heavy atom. The highest BCUT2D eigenvalue weighted by Gasteiger charge is 2.33. The zero-order valence-electron chi connectivity index (χ0n) is 10.7. The maximum absolute atomic E-state index is 12.0. The third kappa shape index (κ3) is 4.02. The van der Waals surface area contributed by atoms with Gasteiger partial charge in [0.2, 0.25) is 5.91 Å². The normalized spacial score (nSPS) is 21.1. The molecular formula is C11H13BrN2O5S2. The summed E-state index contributed by atoms with van der Waals surface area (Å²) in [6.07, 6.45) is 0.199. The summed E-state index contributed by atoms with van der Waals surface area (Å²) in [5.74, 6) is -1.68. The fourth-order valence-electron chi connectivity index (χ4n) is 1.94. The number of halogens is 1. The van der Waals surface area contributed by atoms with Crippen molar-refractivity contribution in [2.24, 2.45) is 5.92 Å². The minimum absolute atomic E-state index is 0.0238. The smallest absolute Gasteiger partial charge is 0.258 e. The number of sulfonamides is 1. The molecule has 1 atom stereocenters. The van der Waals surface area contributed by atoms with Crippen LogP contribution in [-0.2, 0) is 24.7 Å². The van der Waals surface area contributed by atoms with E-state index in [0.29, 0.717) is 4.47 Å². The number of benzene rings is 1. The molecule has 0 saturated carbocycles. The molecule has 0 radical (unpaired) electrons.